The van der Waals surface area contributed by atoms with Crippen molar-refractivity contribution in [2.75, 3.05) is 0 Å². The largest absolute Gasteiger partial charge is 0.322 e. The second-order valence-corrected chi connectivity index (χ2v) is 8.44. The van der Waals surface area contributed by atoms with Crippen LogP contribution in [0, 0.1) is 5.41 Å². The van der Waals surface area contributed by atoms with Gasteiger partial charge in [-0.3, -0.25) is 0 Å². The molecule has 2 aromatic rings. The summed E-state index contributed by atoms with van der Waals surface area (Å²) in [6.07, 6.45) is 9.61. The number of imidazole rings is 1. The Kier molecular flexibility index (Phi) is 3.16. The Bertz CT molecular complexity index is 783. The molecule has 5 rings (SSSR count). The molecule has 24 heavy (non-hydrogen) atoms. The zero-order valence-corrected chi connectivity index (χ0v) is 14.5. The number of alkyl halides is 1. The van der Waals surface area contributed by atoms with Gasteiger partial charge in [0.25, 0.3) is 0 Å². The fraction of sp³-hybridized carbons (Fsp3) is 0.550. The Morgan fingerprint density at radius 1 is 1.12 bits per heavy atom. The van der Waals surface area contributed by atoms with E-state index in [2.05, 4.69) is 27.8 Å². The minimum Gasteiger partial charge on any atom is -0.322 e. The van der Waals surface area contributed by atoms with Crippen molar-refractivity contribution in [3.63, 3.8) is 0 Å². The lowest BCUT2D eigenvalue weighted by Gasteiger charge is -2.35. The fourth-order valence-electron chi connectivity index (χ4n) is 4.82. The molecule has 126 valence electrons. The molecule has 0 N–H and O–H groups in total. The number of fused-ring (bicyclic) bond motifs is 3. The molecule has 0 amide bonds. The molecule has 2 saturated carbocycles. The van der Waals surface area contributed by atoms with Crippen molar-refractivity contribution in [2.45, 2.75) is 63.1 Å². The summed E-state index contributed by atoms with van der Waals surface area (Å²) in [6, 6.07) is 8.50. The van der Waals surface area contributed by atoms with Gasteiger partial charge >= 0.3 is 0 Å². The smallest absolute Gasteiger partial charge is 0.155 e. The number of nitrogens with zero attached hydrogens (tertiary/aromatic N) is 2. The van der Waals surface area contributed by atoms with Gasteiger partial charge in [-0.2, -0.15) is 0 Å². The van der Waals surface area contributed by atoms with Gasteiger partial charge in [-0.05, 0) is 62.3 Å². The Hall–Kier alpha value is -1.35. The Balaban J connectivity index is 1.37. The number of aromatic nitrogens is 2. The van der Waals surface area contributed by atoms with Gasteiger partial charge in [-0.15, -0.1) is 0 Å². The van der Waals surface area contributed by atoms with Crippen molar-refractivity contribution in [1.29, 1.82) is 0 Å². The van der Waals surface area contributed by atoms with Gasteiger partial charge in [0.2, 0.25) is 0 Å². The number of benzene rings is 1. The van der Waals surface area contributed by atoms with Crippen LogP contribution in [-0.2, 0) is 0 Å². The zero-order chi connectivity index (χ0) is 16.4. The SMILES string of the molecule is FC1(CCC2c3ccccc3-c3c(Cl)ncn32)CCC2(CC1)CC2. The predicted octanol–water partition coefficient (Wildman–Crippen LogP) is 5.95. The molecule has 1 atom stereocenters. The van der Waals surface area contributed by atoms with Gasteiger partial charge in [0.15, 0.2) is 5.15 Å². The second kappa shape index (κ2) is 5.08. The van der Waals surface area contributed by atoms with Crippen LogP contribution in [0.3, 0.4) is 0 Å². The van der Waals surface area contributed by atoms with E-state index in [0.29, 0.717) is 17.0 Å². The van der Waals surface area contributed by atoms with Crippen molar-refractivity contribution in [3.05, 3.63) is 41.3 Å². The third-order valence-electron chi connectivity index (χ3n) is 6.69. The first-order valence-corrected chi connectivity index (χ1v) is 9.48. The Labute approximate surface area is 147 Å². The van der Waals surface area contributed by atoms with Gasteiger partial charge in [-0.1, -0.05) is 35.9 Å². The lowest BCUT2D eigenvalue weighted by Crippen LogP contribution is -2.31. The molecular formula is C20H22ClFN2. The molecule has 2 aliphatic carbocycles. The van der Waals surface area contributed by atoms with E-state index < -0.39 is 5.67 Å². The molecule has 2 fully saturated rings. The molecule has 3 aliphatic rings. The predicted molar refractivity (Wildman–Crippen MR) is 94.0 cm³/mol. The quantitative estimate of drug-likeness (QED) is 0.672. The minimum atomic E-state index is -0.976. The normalized spacial score (nSPS) is 25.5. The van der Waals surface area contributed by atoms with Crippen LogP contribution >= 0.6 is 11.6 Å². The van der Waals surface area contributed by atoms with Crippen LogP contribution in [-0.4, -0.2) is 15.2 Å². The summed E-state index contributed by atoms with van der Waals surface area (Å²) in [5, 5.41) is 0.549. The third kappa shape index (κ3) is 2.24. The Morgan fingerprint density at radius 2 is 1.83 bits per heavy atom. The summed E-state index contributed by atoms with van der Waals surface area (Å²) >= 11 is 6.29. The Morgan fingerprint density at radius 3 is 2.58 bits per heavy atom. The van der Waals surface area contributed by atoms with E-state index in [9.17, 15) is 0 Å². The van der Waals surface area contributed by atoms with Crippen LogP contribution in [0.4, 0.5) is 4.39 Å². The van der Waals surface area contributed by atoms with Crippen molar-refractivity contribution in [2.24, 2.45) is 5.41 Å². The molecule has 2 nitrogen and oxygen atoms in total. The molecular weight excluding hydrogens is 323 g/mol. The average Bonchev–Trinajstić information content (AvgIpc) is 3.14. The van der Waals surface area contributed by atoms with E-state index in [1.807, 2.05) is 12.4 Å². The van der Waals surface area contributed by atoms with Gasteiger partial charge in [0.05, 0.1) is 18.1 Å². The van der Waals surface area contributed by atoms with Crippen LogP contribution in [0.25, 0.3) is 11.3 Å². The number of hydrogen-bond acceptors (Lipinski definition) is 1. The maximum Gasteiger partial charge on any atom is 0.155 e. The van der Waals surface area contributed by atoms with E-state index in [1.54, 1.807) is 0 Å². The van der Waals surface area contributed by atoms with Crippen LogP contribution in [0.1, 0.15) is 63.0 Å². The first-order valence-electron chi connectivity index (χ1n) is 9.10. The summed E-state index contributed by atoms with van der Waals surface area (Å²) in [4.78, 5) is 4.26. The number of halogens is 2. The highest BCUT2D eigenvalue weighted by Gasteiger charge is 2.49. The van der Waals surface area contributed by atoms with Crippen LogP contribution in [0.2, 0.25) is 5.15 Å². The third-order valence-corrected chi connectivity index (χ3v) is 6.97. The summed E-state index contributed by atoms with van der Waals surface area (Å²) in [5.41, 5.74) is 2.97. The molecule has 1 aromatic heterocycles. The lowest BCUT2D eigenvalue weighted by molar-refractivity contribution is 0.0629. The maximum atomic E-state index is 15.3. The first-order chi connectivity index (χ1) is 11.6. The highest BCUT2D eigenvalue weighted by molar-refractivity contribution is 6.32. The molecule has 1 spiro atoms. The highest BCUT2D eigenvalue weighted by Crippen LogP contribution is 2.59. The summed E-state index contributed by atoms with van der Waals surface area (Å²) in [5.74, 6) is 0. The molecule has 0 radical (unpaired) electrons. The van der Waals surface area contributed by atoms with Crippen molar-refractivity contribution in [1.82, 2.24) is 9.55 Å². The van der Waals surface area contributed by atoms with Crippen molar-refractivity contribution >= 4 is 11.6 Å². The minimum absolute atomic E-state index is 0.167. The molecule has 4 heteroatoms. The van der Waals surface area contributed by atoms with Crippen LogP contribution in [0.5, 0.6) is 0 Å². The van der Waals surface area contributed by atoms with Gasteiger partial charge in [0, 0.05) is 5.56 Å². The molecule has 1 aromatic carbocycles. The van der Waals surface area contributed by atoms with Crippen LogP contribution in [0.15, 0.2) is 30.6 Å². The summed E-state index contributed by atoms with van der Waals surface area (Å²) < 4.78 is 17.4. The lowest BCUT2D eigenvalue weighted by atomic mass is 9.75. The number of rotatable bonds is 3. The summed E-state index contributed by atoms with van der Waals surface area (Å²) in [7, 11) is 0. The molecule has 0 bridgehead atoms. The molecule has 0 saturated heterocycles. The van der Waals surface area contributed by atoms with E-state index in [0.717, 1.165) is 43.4 Å². The van der Waals surface area contributed by atoms with E-state index in [4.69, 9.17) is 11.6 Å². The fourth-order valence-corrected chi connectivity index (χ4v) is 5.07. The average molecular weight is 345 g/mol. The molecule has 1 unspecified atom stereocenters. The van der Waals surface area contributed by atoms with Crippen molar-refractivity contribution in [3.8, 4) is 11.3 Å². The maximum absolute atomic E-state index is 15.3. The van der Waals surface area contributed by atoms with E-state index in [1.165, 1.54) is 18.4 Å². The zero-order valence-electron chi connectivity index (χ0n) is 13.8. The highest BCUT2D eigenvalue weighted by atomic mass is 35.5. The van der Waals surface area contributed by atoms with Gasteiger partial charge in [0.1, 0.15) is 5.67 Å². The van der Waals surface area contributed by atoms with Gasteiger partial charge < -0.3 is 4.57 Å². The standard InChI is InChI=1S/C20H22ClFN2/c21-18-17-15-4-2-1-3-14(15)16(24(17)13-23-18)5-6-20(22)11-9-19(7-8-19)10-12-20/h1-4,13,16H,5-12H2. The molecule has 1 aliphatic heterocycles. The van der Waals surface area contributed by atoms with E-state index >= 15 is 4.39 Å². The monoisotopic (exact) mass is 344 g/mol. The summed E-state index contributed by atoms with van der Waals surface area (Å²) in [6.45, 7) is 0. The van der Waals surface area contributed by atoms with Crippen LogP contribution < -0.4 is 0 Å². The van der Waals surface area contributed by atoms with Crippen molar-refractivity contribution < 1.29 is 4.39 Å². The van der Waals surface area contributed by atoms with E-state index in [-0.39, 0.29) is 6.04 Å². The molecule has 2 heterocycles. The topological polar surface area (TPSA) is 17.8 Å². The second-order valence-electron chi connectivity index (χ2n) is 8.08. The number of hydrogen-bond donors (Lipinski definition) is 0. The van der Waals surface area contributed by atoms with Gasteiger partial charge in [-0.25, -0.2) is 9.37 Å². The first kappa shape index (κ1) is 14.9.